The zero-order valence-electron chi connectivity index (χ0n) is 8.67. The molecule has 0 N–H and O–H groups in total. The molecule has 15 heavy (non-hydrogen) atoms. The molecule has 0 atom stereocenters. The fraction of sp³-hybridized carbons (Fsp3) is 0.154. The molecule has 0 spiro atoms. The van der Waals surface area contributed by atoms with Gasteiger partial charge in [0.2, 0.25) is 0 Å². The summed E-state index contributed by atoms with van der Waals surface area (Å²) in [5.74, 6) is 0.0925. The van der Waals surface area contributed by atoms with E-state index in [1.165, 1.54) is 0 Å². The van der Waals surface area contributed by atoms with Gasteiger partial charge < -0.3 is 0 Å². The number of rotatable bonds is 1. The molecule has 76 valence electrons. The van der Waals surface area contributed by atoms with Crippen LogP contribution in [0.3, 0.4) is 0 Å². The highest BCUT2D eigenvalue weighted by Crippen LogP contribution is 2.24. The standard InChI is InChI=1S/C13H11ClO/c1-8-5-11(9(2)15)6-10-3-4-12(14)7-13(8)10/h3-7H,1-2H3. The van der Waals surface area contributed by atoms with Crippen LogP contribution in [-0.4, -0.2) is 5.78 Å². The summed E-state index contributed by atoms with van der Waals surface area (Å²) in [5.41, 5.74) is 1.84. The van der Waals surface area contributed by atoms with E-state index >= 15 is 0 Å². The predicted molar refractivity (Wildman–Crippen MR) is 63.7 cm³/mol. The summed E-state index contributed by atoms with van der Waals surface area (Å²) in [6.07, 6.45) is 0. The Morgan fingerprint density at radius 2 is 1.93 bits per heavy atom. The van der Waals surface area contributed by atoms with Crippen molar-refractivity contribution in [1.82, 2.24) is 0 Å². The fourth-order valence-corrected chi connectivity index (χ4v) is 1.89. The summed E-state index contributed by atoms with van der Waals surface area (Å²) >= 11 is 5.93. The Kier molecular flexibility index (Phi) is 2.49. The van der Waals surface area contributed by atoms with Gasteiger partial charge in [0.1, 0.15) is 0 Å². The quantitative estimate of drug-likeness (QED) is 0.661. The monoisotopic (exact) mass is 218 g/mol. The maximum atomic E-state index is 11.3. The second-order valence-electron chi connectivity index (χ2n) is 3.71. The highest BCUT2D eigenvalue weighted by molar-refractivity contribution is 6.31. The number of carbonyl (C=O) groups excluding carboxylic acids is 1. The largest absolute Gasteiger partial charge is 0.295 e. The molecule has 0 radical (unpaired) electrons. The summed E-state index contributed by atoms with van der Waals surface area (Å²) in [7, 11) is 0. The van der Waals surface area contributed by atoms with Gasteiger partial charge in [-0.2, -0.15) is 0 Å². The second-order valence-corrected chi connectivity index (χ2v) is 4.15. The van der Waals surface area contributed by atoms with Crippen LogP contribution >= 0.6 is 11.6 Å². The van der Waals surface area contributed by atoms with E-state index in [0.717, 1.165) is 26.9 Å². The molecule has 2 aromatic rings. The first-order chi connectivity index (χ1) is 7.08. The van der Waals surface area contributed by atoms with E-state index in [9.17, 15) is 4.79 Å². The van der Waals surface area contributed by atoms with Crippen molar-refractivity contribution in [2.45, 2.75) is 13.8 Å². The number of carbonyl (C=O) groups is 1. The molecule has 0 aliphatic heterocycles. The van der Waals surface area contributed by atoms with Crippen LogP contribution in [0.4, 0.5) is 0 Å². The summed E-state index contributed by atoms with van der Waals surface area (Å²) in [4.78, 5) is 11.3. The third kappa shape index (κ3) is 1.88. The summed E-state index contributed by atoms with van der Waals surface area (Å²) < 4.78 is 0. The van der Waals surface area contributed by atoms with Crippen LogP contribution in [0.25, 0.3) is 10.8 Å². The fourth-order valence-electron chi connectivity index (χ4n) is 1.72. The molecule has 1 nitrogen and oxygen atoms in total. The lowest BCUT2D eigenvalue weighted by Gasteiger charge is -2.05. The zero-order chi connectivity index (χ0) is 11.0. The first kappa shape index (κ1) is 10.2. The molecular weight excluding hydrogens is 208 g/mol. The highest BCUT2D eigenvalue weighted by Gasteiger charge is 2.04. The molecule has 0 saturated heterocycles. The SMILES string of the molecule is CC(=O)c1cc(C)c2cc(Cl)ccc2c1. The van der Waals surface area contributed by atoms with E-state index in [1.54, 1.807) is 6.92 Å². The normalized spacial score (nSPS) is 10.6. The molecule has 0 aliphatic rings. The maximum Gasteiger partial charge on any atom is 0.159 e. The minimum atomic E-state index is 0.0925. The van der Waals surface area contributed by atoms with E-state index < -0.39 is 0 Å². The smallest absolute Gasteiger partial charge is 0.159 e. The summed E-state index contributed by atoms with van der Waals surface area (Å²) in [5, 5.41) is 2.89. The Labute approximate surface area is 93.7 Å². The van der Waals surface area contributed by atoms with E-state index in [1.807, 2.05) is 37.3 Å². The van der Waals surface area contributed by atoms with Crippen molar-refractivity contribution in [3.8, 4) is 0 Å². The minimum absolute atomic E-state index is 0.0925. The first-order valence-electron chi connectivity index (χ1n) is 4.79. The zero-order valence-corrected chi connectivity index (χ0v) is 9.43. The van der Waals surface area contributed by atoms with Crippen molar-refractivity contribution < 1.29 is 4.79 Å². The van der Waals surface area contributed by atoms with E-state index in [-0.39, 0.29) is 5.78 Å². The van der Waals surface area contributed by atoms with Gasteiger partial charge in [-0.15, -0.1) is 0 Å². The number of benzene rings is 2. The Balaban J connectivity index is 2.78. The van der Waals surface area contributed by atoms with Crippen molar-refractivity contribution >= 4 is 28.2 Å². The van der Waals surface area contributed by atoms with Crippen LogP contribution < -0.4 is 0 Å². The van der Waals surface area contributed by atoms with Gasteiger partial charge in [0.05, 0.1) is 0 Å². The molecular formula is C13H11ClO. The molecule has 0 fully saturated rings. The van der Waals surface area contributed by atoms with Crippen molar-refractivity contribution in [3.63, 3.8) is 0 Å². The number of Topliss-reactive ketones (excluding diaryl/α,β-unsaturated/α-hetero) is 1. The summed E-state index contributed by atoms with van der Waals surface area (Å²) in [6.45, 7) is 3.57. The maximum absolute atomic E-state index is 11.3. The Morgan fingerprint density at radius 3 is 2.60 bits per heavy atom. The topological polar surface area (TPSA) is 17.1 Å². The lowest BCUT2D eigenvalue weighted by Crippen LogP contribution is -1.93. The number of aryl methyl sites for hydroxylation is 1. The number of halogens is 1. The van der Waals surface area contributed by atoms with Crippen molar-refractivity contribution in [2.24, 2.45) is 0 Å². The Morgan fingerprint density at radius 1 is 1.20 bits per heavy atom. The van der Waals surface area contributed by atoms with Crippen LogP contribution in [-0.2, 0) is 0 Å². The van der Waals surface area contributed by atoms with Crippen LogP contribution in [0.2, 0.25) is 5.02 Å². The molecule has 0 aromatic heterocycles. The van der Waals surface area contributed by atoms with Gasteiger partial charge in [-0.25, -0.2) is 0 Å². The molecule has 0 bridgehead atoms. The number of ketones is 1. The highest BCUT2D eigenvalue weighted by atomic mass is 35.5. The van der Waals surface area contributed by atoms with Crippen molar-refractivity contribution in [2.75, 3.05) is 0 Å². The molecule has 0 heterocycles. The van der Waals surface area contributed by atoms with Gasteiger partial charge in [0, 0.05) is 10.6 Å². The molecule has 0 amide bonds. The molecule has 0 saturated carbocycles. The molecule has 2 heteroatoms. The lowest BCUT2D eigenvalue weighted by atomic mass is 10.0. The number of fused-ring (bicyclic) bond motifs is 1. The molecule has 2 aromatic carbocycles. The number of hydrogen-bond donors (Lipinski definition) is 0. The average Bonchev–Trinajstić information content (AvgIpc) is 2.18. The summed E-state index contributed by atoms with van der Waals surface area (Å²) in [6, 6.07) is 9.52. The van der Waals surface area contributed by atoms with Crippen LogP contribution in [0.5, 0.6) is 0 Å². The Hall–Kier alpha value is -1.34. The third-order valence-electron chi connectivity index (χ3n) is 2.53. The van der Waals surface area contributed by atoms with Crippen LogP contribution in [0.1, 0.15) is 22.8 Å². The number of hydrogen-bond acceptors (Lipinski definition) is 1. The lowest BCUT2D eigenvalue weighted by molar-refractivity contribution is 0.101. The first-order valence-corrected chi connectivity index (χ1v) is 5.16. The van der Waals surface area contributed by atoms with Gasteiger partial charge in [0.25, 0.3) is 0 Å². The molecule has 0 unspecified atom stereocenters. The van der Waals surface area contributed by atoms with E-state index in [0.29, 0.717) is 0 Å². The van der Waals surface area contributed by atoms with Gasteiger partial charge in [-0.1, -0.05) is 17.7 Å². The van der Waals surface area contributed by atoms with Crippen LogP contribution in [0.15, 0.2) is 30.3 Å². The van der Waals surface area contributed by atoms with Gasteiger partial charge in [0.15, 0.2) is 5.78 Å². The predicted octanol–water partition coefficient (Wildman–Crippen LogP) is 4.00. The minimum Gasteiger partial charge on any atom is -0.295 e. The average molecular weight is 219 g/mol. The second kappa shape index (κ2) is 3.67. The van der Waals surface area contributed by atoms with E-state index in [2.05, 4.69) is 0 Å². The van der Waals surface area contributed by atoms with Crippen molar-refractivity contribution in [1.29, 1.82) is 0 Å². The van der Waals surface area contributed by atoms with Crippen LogP contribution in [0, 0.1) is 6.92 Å². The molecule has 2 rings (SSSR count). The van der Waals surface area contributed by atoms with E-state index in [4.69, 9.17) is 11.6 Å². The van der Waals surface area contributed by atoms with Gasteiger partial charge in [-0.3, -0.25) is 4.79 Å². The molecule has 0 aliphatic carbocycles. The van der Waals surface area contributed by atoms with Crippen molar-refractivity contribution in [3.05, 3.63) is 46.5 Å². The van der Waals surface area contributed by atoms with Gasteiger partial charge in [-0.05, 0) is 54.4 Å². The van der Waals surface area contributed by atoms with Gasteiger partial charge >= 0.3 is 0 Å². The third-order valence-corrected chi connectivity index (χ3v) is 2.76. The Bertz CT molecular complexity index is 543.